The first kappa shape index (κ1) is 14.2. The molecule has 0 aliphatic heterocycles. The summed E-state index contributed by atoms with van der Waals surface area (Å²) in [6, 6.07) is 0. The highest BCUT2D eigenvalue weighted by atomic mass is 35.7. The first-order chi connectivity index (χ1) is 7.57. The maximum absolute atomic E-state index is 12.5. The van der Waals surface area contributed by atoms with E-state index < -0.39 is 36.1 Å². The number of thiazole rings is 1. The van der Waals surface area contributed by atoms with Crippen molar-refractivity contribution < 1.29 is 31.1 Å². The van der Waals surface area contributed by atoms with Crippen LogP contribution >= 0.6 is 22.0 Å². The van der Waals surface area contributed by atoms with Gasteiger partial charge in [0, 0.05) is 10.7 Å². The van der Waals surface area contributed by atoms with Crippen LogP contribution in [-0.4, -0.2) is 26.5 Å². The van der Waals surface area contributed by atoms with Crippen molar-refractivity contribution in [2.24, 2.45) is 0 Å². The molecule has 0 bridgehead atoms. The molecule has 11 heteroatoms. The molecule has 0 spiro atoms. The van der Waals surface area contributed by atoms with Gasteiger partial charge in [0.05, 0.1) is 7.11 Å². The third-order valence-electron chi connectivity index (χ3n) is 1.45. The SMILES string of the molecule is COC(=O)c1nc(S(=O)(=O)Cl)sc1C(F)(F)F. The van der Waals surface area contributed by atoms with Gasteiger partial charge >= 0.3 is 12.1 Å². The largest absolute Gasteiger partial charge is 0.464 e. The minimum absolute atomic E-state index is 0.240. The predicted molar refractivity (Wildman–Crippen MR) is 51.5 cm³/mol. The fraction of sp³-hybridized carbons (Fsp3) is 0.333. The number of hydrogen-bond donors (Lipinski definition) is 0. The number of carbonyl (C=O) groups is 1. The molecule has 0 radical (unpaired) electrons. The third kappa shape index (κ3) is 3.07. The molecule has 0 unspecified atom stereocenters. The van der Waals surface area contributed by atoms with Crippen molar-refractivity contribution in [3.05, 3.63) is 10.6 Å². The highest BCUT2D eigenvalue weighted by Gasteiger charge is 2.41. The number of hydrogen-bond acceptors (Lipinski definition) is 6. The lowest BCUT2D eigenvalue weighted by Crippen LogP contribution is -2.12. The maximum atomic E-state index is 12.5. The van der Waals surface area contributed by atoms with Crippen LogP contribution in [-0.2, 0) is 20.0 Å². The fourth-order valence-electron chi connectivity index (χ4n) is 0.832. The Bertz CT molecular complexity index is 550. The minimum Gasteiger partial charge on any atom is -0.464 e. The van der Waals surface area contributed by atoms with Gasteiger partial charge in [-0.1, -0.05) is 11.3 Å². The summed E-state index contributed by atoms with van der Waals surface area (Å²) in [5.74, 6) is -1.39. The van der Waals surface area contributed by atoms with Gasteiger partial charge in [0.2, 0.25) is 4.34 Å². The average Bonchev–Trinajstić information content (AvgIpc) is 2.59. The summed E-state index contributed by atoms with van der Waals surface area (Å²) < 4.78 is 62.1. The molecule has 0 saturated heterocycles. The molecule has 17 heavy (non-hydrogen) atoms. The van der Waals surface area contributed by atoms with Gasteiger partial charge in [-0.15, -0.1) is 0 Å². The molecular formula is C6H3ClF3NO4S2. The molecule has 0 aliphatic rings. The molecule has 1 rings (SSSR count). The molecule has 0 aliphatic carbocycles. The topological polar surface area (TPSA) is 73.3 Å². The molecule has 0 amide bonds. The molecule has 1 aromatic rings. The van der Waals surface area contributed by atoms with Gasteiger partial charge in [-0.05, 0) is 0 Å². The lowest BCUT2D eigenvalue weighted by molar-refractivity contribution is -0.135. The van der Waals surface area contributed by atoms with Crippen molar-refractivity contribution in [1.82, 2.24) is 4.98 Å². The Balaban J connectivity index is 3.48. The summed E-state index contributed by atoms with van der Waals surface area (Å²) in [6.07, 6.45) is -4.92. The Morgan fingerprint density at radius 2 is 2.00 bits per heavy atom. The number of carbonyl (C=O) groups excluding carboxylic acids is 1. The summed E-state index contributed by atoms with van der Waals surface area (Å²) in [7, 11) is 1.25. The van der Waals surface area contributed by atoms with Gasteiger partial charge < -0.3 is 4.74 Å². The number of nitrogens with zero attached hydrogens (tertiary/aromatic N) is 1. The maximum Gasteiger partial charge on any atom is 0.428 e. The molecule has 5 nitrogen and oxygen atoms in total. The van der Waals surface area contributed by atoms with E-state index in [1.54, 1.807) is 0 Å². The van der Waals surface area contributed by atoms with Crippen LogP contribution in [0.25, 0.3) is 0 Å². The van der Waals surface area contributed by atoms with Crippen LogP contribution in [0.4, 0.5) is 13.2 Å². The number of esters is 1. The highest BCUT2D eigenvalue weighted by Crippen LogP contribution is 2.38. The average molecular weight is 310 g/mol. The summed E-state index contributed by atoms with van der Waals surface area (Å²) in [6.45, 7) is 0. The van der Waals surface area contributed by atoms with Crippen LogP contribution in [0.5, 0.6) is 0 Å². The molecule has 0 saturated carbocycles. The number of alkyl halides is 3. The van der Waals surface area contributed by atoms with Crippen molar-refractivity contribution in [3.63, 3.8) is 0 Å². The number of aromatic nitrogens is 1. The van der Waals surface area contributed by atoms with Crippen LogP contribution in [0.15, 0.2) is 4.34 Å². The van der Waals surface area contributed by atoms with Crippen molar-refractivity contribution in [2.75, 3.05) is 7.11 Å². The molecular weight excluding hydrogens is 307 g/mol. The second-order valence-corrected chi connectivity index (χ2v) is 6.32. The quantitative estimate of drug-likeness (QED) is 0.616. The summed E-state index contributed by atoms with van der Waals surface area (Å²) in [4.78, 5) is 12.6. The Hall–Kier alpha value is -0.870. The smallest absolute Gasteiger partial charge is 0.428 e. The summed E-state index contributed by atoms with van der Waals surface area (Å²) >= 11 is -0.240. The normalized spacial score (nSPS) is 12.5. The molecule has 0 N–H and O–H groups in total. The molecule has 1 heterocycles. The van der Waals surface area contributed by atoms with Crippen molar-refractivity contribution in [1.29, 1.82) is 0 Å². The van der Waals surface area contributed by atoms with Crippen LogP contribution in [0.2, 0.25) is 0 Å². The van der Waals surface area contributed by atoms with Crippen molar-refractivity contribution >= 4 is 37.0 Å². The van der Waals surface area contributed by atoms with Gasteiger partial charge in [0.25, 0.3) is 9.05 Å². The summed E-state index contributed by atoms with van der Waals surface area (Å²) in [5, 5.41) is 0. The van der Waals surface area contributed by atoms with Gasteiger partial charge in [-0.3, -0.25) is 0 Å². The lowest BCUT2D eigenvalue weighted by atomic mass is 10.3. The zero-order valence-electron chi connectivity index (χ0n) is 7.91. The zero-order valence-corrected chi connectivity index (χ0v) is 10.3. The van der Waals surface area contributed by atoms with E-state index in [2.05, 4.69) is 9.72 Å². The van der Waals surface area contributed by atoms with Crippen LogP contribution in [0.3, 0.4) is 0 Å². The van der Waals surface area contributed by atoms with Crippen molar-refractivity contribution in [2.45, 2.75) is 10.5 Å². The molecule has 0 fully saturated rings. The zero-order chi connectivity index (χ0) is 13.4. The predicted octanol–water partition coefficient (Wildman–Crippen LogP) is 1.88. The van der Waals surface area contributed by atoms with Crippen LogP contribution in [0, 0.1) is 0 Å². The van der Waals surface area contributed by atoms with E-state index >= 15 is 0 Å². The highest BCUT2D eigenvalue weighted by molar-refractivity contribution is 8.14. The van der Waals surface area contributed by atoms with Crippen molar-refractivity contribution in [3.8, 4) is 0 Å². The Morgan fingerprint density at radius 1 is 1.47 bits per heavy atom. The Kier molecular flexibility index (Phi) is 3.69. The Labute approximate surface area is 102 Å². The van der Waals surface area contributed by atoms with Crippen LogP contribution in [0.1, 0.15) is 15.4 Å². The van der Waals surface area contributed by atoms with E-state index in [9.17, 15) is 26.4 Å². The standard InChI is InChI=1S/C6H3ClF3NO4S2/c1-15-4(12)2-3(6(8,9)10)16-5(11-2)17(7,13)14/h1H3. The van der Waals surface area contributed by atoms with Crippen LogP contribution < -0.4 is 0 Å². The number of ether oxygens (including phenoxy) is 1. The third-order valence-corrected chi connectivity index (χ3v) is 4.48. The van der Waals surface area contributed by atoms with Gasteiger partial charge in [0.15, 0.2) is 5.69 Å². The lowest BCUT2D eigenvalue weighted by Gasteiger charge is -2.03. The first-order valence-corrected chi connectivity index (χ1v) is 6.81. The molecule has 0 atom stereocenters. The number of halogens is 4. The molecule has 96 valence electrons. The Morgan fingerprint density at radius 3 is 2.35 bits per heavy atom. The summed E-state index contributed by atoms with van der Waals surface area (Å²) in [5.41, 5.74) is -1.12. The second-order valence-electron chi connectivity index (χ2n) is 2.58. The molecule has 0 aromatic carbocycles. The van der Waals surface area contributed by atoms with E-state index in [1.807, 2.05) is 0 Å². The van der Waals surface area contributed by atoms with Gasteiger partial charge in [-0.2, -0.15) is 13.2 Å². The van der Waals surface area contributed by atoms with E-state index in [0.717, 1.165) is 7.11 Å². The number of methoxy groups -OCH3 is 1. The van der Waals surface area contributed by atoms with E-state index in [4.69, 9.17) is 10.7 Å². The monoisotopic (exact) mass is 309 g/mol. The minimum atomic E-state index is -4.92. The van der Waals surface area contributed by atoms with E-state index in [-0.39, 0.29) is 11.3 Å². The fourth-order valence-corrected chi connectivity index (χ4v) is 2.72. The first-order valence-electron chi connectivity index (χ1n) is 3.68. The molecule has 1 aromatic heterocycles. The van der Waals surface area contributed by atoms with E-state index in [0.29, 0.717) is 0 Å². The van der Waals surface area contributed by atoms with Gasteiger partial charge in [-0.25, -0.2) is 18.2 Å². The second kappa shape index (κ2) is 4.42. The number of rotatable bonds is 2. The van der Waals surface area contributed by atoms with E-state index in [1.165, 1.54) is 0 Å². The van der Waals surface area contributed by atoms with Gasteiger partial charge in [0.1, 0.15) is 4.88 Å².